The number of hydrogen-bond acceptors (Lipinski definition) is 4. The highest BCUT2D eigenvalue weighted by Gasteiger charge is 2.19. The van der Waals surface area contributed by atoms with Crippen molar-refractivity contribution < 1.29 is 18.0 Å². The molecule has 1 rings (SSSR count). The first-order valence-electron chi connectivity index (χ1n) is 7.85. The lowest BCUT2D eigenvalue weighted by Gasteiger charge is -2.12. The second-order valence-electron chi connectivity index (χ2n) is 5.79. The molecule has 0 fully saturated rings. The predicted molar refractivity (Wildman–Crippen MR) is 92.3 cm³/mol. The molecule has 3 N–H and O–H groups in total. The van der Waals surface area contributed by atoms with E-state index in [4.69, 9.17) is 0 Å². The molecule has 134 valence electrons. The Balaban J connectivity index is 2.90. The highest BCUT2D eigenvalue weighted by molar-refractivity contribution is 7.89. The van der Waals surface area contributed by atoms with Gasteiger partial charge >= 0.3 is 0 Å². The van der Waals surface area contributed by atoms with E-state index in [1.807, 2.05) is 6.92 Å². The molecule has 0 atom stereocenters. The summed E-state index contributed by atoms with van der Waals surface area (Å²) < 4.78 is 26.9. The van der Waals surface area contributed by atoms with Gasteiger partial charge in [0.25, 0.3) is 5.91 Å². The molecular formula is C16H25N3O4S. The van der Waals surface area contributed by atoms with Crippen molar-refractivity contribution in [2.45, 2.75) is 45.1 Å². The molecule has 1 aromatic rings. The lowest BCUT2D eigenvalue weighted by Crippen LogP contribution is -2.37. The third kappa shape index (κ3) is 5.93. The smallest absolute Gasteiger partial charge is 0.252 e. The molecule has 0 spiro atoms. The number of benzene rings is 1. The SMILES string of the molecule is CCCNC(=O)CNC(=O)c1cc(S(=O)(=O)NC(C)C)ccc1C. The third-order valence-electron chi connectivity index (χ3n) is 3.14. The number of amides is 2. The number of carbonyl (C=O) groups excluding carboxylic acids is 2. The maximum absolute atomic E-state index is 12.2. The van der Waals surface area contributed by atoms with Gasteiger partial charge in [0.15, 0.2) is 0 Å². The minimum Gasteiger partial charge on any atom is -0.355 e. The molecule has 1 aromatic carbocycles. The Morgan fingerprint density at radius 1 is 1.17 bits per heavy atom. The van der Waals surface area contributed by atoms with E-state index in [9.17, 15) is 18.0 Å². The van der Waals surface area contributed by atoms with E-state index in [1.54, 1.807) is 26.8 Å². The number of sulfonamides is 1. The second-order valence-corrected chi connectivity index (χ2v) is 7.50. The van der Waals surface area contributed by atoms with Crippen molar-refractivity contribution in [3.05, 3.63) is 29.3 Å². The van der Waals surface area contributed by atoms with E-state index >= 15 is 0 Å². The van der Waals surface area contributed by atoms with Gasteiger partial charge in [0.2, 0.25) is 15.9 Å². The van der Waals surface area contributed by atoms with Gasteiger partial charge in [-0.25, -0.2) is 13.1 Å². The molecule has 0 radical (unpaired) electrons. The highest BCUT2D eigenvalue weighted by atomic mass is 32.2. The van der Waals surface area contributed by atoms with Gasteiger partial charge in [-0.1, -0.05) is 13.0 Å². The number of rotatable bonds is 8. The second kappa shape index (κ2) is 8.79. The van der Waals surface area contributed by atoms with Crippen LogP contribution in [0.15, 0.2) is 23.1 Å². The fourth-order valence-corrected chi connectivity index (χ4v) is 3.25. The average Bonchev–Trinajstić information content (AvgIpc) is 2.49. The van der Waals surface area contributed by atoms with Crippen LogP contribution in [0.4, 0.5) is 0 Å². The number of carbonyl (C=O) groups is 2. The number of nitrogens with one attached hydrogen (secondary N) is 3. The highest BCUT2D eigenvalue weighted by Crippen LogP contribution is 2.16. The maximum Gasteiger partial charge on any atom is 0.252 e. The zero-order chi connectivity index (χ0) is 18.3. The Morgan fingerprint density at radius 2 is 1.83 bits per heavy atom. The lowest BCUT2D eigenvalue weighted by atomic mass is 10.1. The number of aryl methyl sites for hydroxylation is 1. The first-order valence-corrected chi connectivity index (χ1v) is 9.33. The molecule has 8 heteroatoms. The molecule has 7 nitrogen and oxygen atoms in total. The van der Waals surface area contributed by atoms with E-state index < -0.39 is 15.9 Å². The minimum atomic E-state index is -3.68. The summed E-state index contributed by atoms with van der Waals surface area (Å²) in [6, 6.07) is 4.08. The monoisotopic (exact) mass is 355 g/mol. The largest absolute Gasteiger partial charge is 0.355 e. The quantitative estimate of drug-likeness (QED) is 0.645. The average molecular weight is 355 g/mol. The molecular weight excluding hydrogens is 330 g/mol. The summed E-state index contributed by atoms with van der Waals surface area (Å²) in [6.45, 7) is 7.46. The van der Waals surface area contributed by atoms with Crippen LogP contribution in [0, 0.1) is 6.92 Å². The summed E-state index contributed by atoms with van der Waals surface area (Å²) in [5, 5.41) is 5.15. The van der Waals surface area contributed by atoms with E-state index in [0.717, 1.165) is 6.42 Å². The van der Waals surface area contributed by atoms with E-state index in [-0.39, 0.29) is 29.0 Å². The molecule has 0 bridgehead atoms. The van der Waals surface area contributed by atoms with Crippen LogP contribution in [-0.2, 0) is 14.8 Å². The van der Waals surface area contributed by atoms with Crippen molar-refractivity contribution in [1.29, 1.82) is 0 Å². The fraction of sp³-hybridized carbons (Fsp3) is 0.500. The summed E-state index contributed by atoms with van der Waals surface area (Å²) in [4.78, 5) is 23.8. The Labute approximate surface area is 143 Å². The standard InChI is InChI=1S/C16H25N3O4S/c1-5-8-17-15(20)10-18-16(21)14-9-13(7-6-12(14)4)24(22,23)19-11(2)3/h6-7,9,11,19H,5,8,10H2,1-4H3,(H,17,20)(H,18,21). The van der Waals surface area contributed by atoms with E-state index in [2.05, 4.69) is 15.4 Å². The zero-order valence-electron chi connectivity index (χ0n) is 14.5. The van der Waals surface area contributed by atoms with Gasteiger partial charge in [-0.05, 0) is 44.9 Å². The van der Waals surface area contributed by atoms with Crippen molar-refractivity contribution in [1.82, 2.24) is 15.4 Å². The fourth-order valence-electron chi connectivity index (χ4n) is 1.97. The normalized spacial score (nSPS) is 11.4. The molecule has 0 unspecified atom stereocenters. The van der Waals surface area contributed by atoms with Gasteiger partial charge in [-0.3, -0.25) is 9.59 Å². The lowest BCUT2D eigenvalue weighted by molar-refractivity contribution is -0.120. The summed E-state index contributed by atoms with van der Waals surface area (Å²) in [7, 11) is -3.68. The van der Waals surface area contributed by atoms with Crippen LogP contribution in [0.25, 0.3) is 0 Å². The Kier molecular flexibility index (Phi) is 7.37. The first-order chi connectivity index (χ1) is 11.2. The minimum absolute atomic E-state index is 0.0161. The Bertz CT molecular complexity index is 699. The van der Waals surface area contributed by atoms with Gasteiger partial charge in [-0.15, -0.1) is 0 Å². The van der Waals surface area contributed by atoms with Gasteiger partial charge in [-0.2, -0.15) is 0 Å². The molecule has 2 amide bonds. The van der Waals surface area contributed by atoms with Crippen LogP contribution in [0.1, 0.15) is 43.1 Å². The molecule has 0 saturated heterocycles. The van der Waals surface area contributed by atoms with Crippen LogP contribution in [0.5, 0.6) is 0 Å². The van der Waals surface area contributed by atoms with Crippen molar-refractivity contribution in [2.24, 2.45) is 0 Å². The van der Waals surface area contributed by atoms with Gasteiger partial charge in [0, 0.05) is 18.2 Å². The molecule has 0 heterocycles. The first kappa shape index (κ1) is 20.1. The summed E-state index contributed by atoms with van der Waals surface area (Å²) in [6.07, 6.45) is 0.807. The van der Waals surface area contributed by atoms with E-state index in [1.165, 1.54) is 12.1 Å². The maximum atomic E-state index is 12.2. The molecule has 0 aromatic heterocycles. The van der Waals surface area contributed by atoms with Crippen LogP contribution < -0.4 is 15.4 Å². The van der Waals surface area contributed by atoms with Crippen LogP contribution >= 0.6 is 0 Å². The summed E-state index contributed by atoms with van der Waals surface area (Å²) >= 11 is 0. The Morgan fingerprint density at radius 3 is 2.42 bits per heavy atom. The van der Waals surface area contributed by atoms with E-state index in [0.29, 0.717) is 12.1 Å². The molecule has 24 heavy (non-hydrogen) atoms. The van der Waals surface area contributed by atoms with Crippen molar-refractivity contribution >= 4 is 21.8 Å². The topological polar surface area (TPSA) is 104 Å². The van der Waals surface area contributed by atoms with Gasteiger partial charge < -0.3 is 10.6 Å². The molecule has 0 aliphatic heterocycles. The predicted octanol–water partition coefficient (Wildman–Crippen LogP) is 0.938. The summed E-state index contributed by atoms with van der Waals surface area (Å²) in [5.41, 5.74) is 0.856. The van der Waals surface area contributed by atoms with Crippen LogP contribution in [-0.4, -0.2) is 39.4 Å². The molecule has 0 aliphatic rings. The molecule has 0 aliphatic carbocycles. The third-order valence-corrected chi connectivity index (χ3v) is 4.79. The Hall–Kier alpha value is -1.93. The van der Waals surface area contributed by atoms with Gasteiger partial charge in [0.05, 0.1) is 11.4 Å². The van der Waals surface area contributed by atoms with Crippen molar-refractivity contribution in [2.75, 3.05) is 13.1 Å². The zero-order valence-corrected chi connectivity index (χ0v) is 15.3. The van der Waals surface area contributed by atoms with Crippen molar-refractivity contribution in [3.8, 4) is 0 Å². The van der Waals surface area contributed by atoms with Crippen LogP contribution in [0.3, 0.4) is 0 Å². The molecule has 0 saturated carbocycles. The van der Waals surface area contributed by atoms with Crippen LogP contribution in [0.2, 0.25) is 0 Å². The summed E-state index contributed by atoms with van der Waals surface area (Å²) in [5.74, 6) is -0.770. The van der Waals surface area contributed by atoms with Crippen molar-refractivity contribution in [3.63, 3.8) is 0 Å². The number of hydrogen-bond donors (Lipinski definition) is 3. The van der Waals surface area contributed by atoms with Gasteiger partial charge in [0.1, 0.15) is 0 Å².